The Balaban J connectivity index is 1.71. The van der Waals surface area contributed by atoms with E-state index in [9.17, 15) is 4.79 Å². The number of amides is 1. The number of furan rings is 1. The van der Waals surface area contributed by atoms with Gasteiger partial charge in [-0.15, -0.1) is 0 Å². The first-order chi connectivity index (χ1) is 11.1. The number of nitrogens with one attached hydrogen (secondary N) is 1. The first-order valence-corrected chi connectivity index (χ1v) is 8.41. The molecule has 124 valence electrons. The van der Waals surface area contributed by atoms with Crippen molar-refractivity contribution in [3.8, 4) is 0 Å². The third-order valence-corrected chi connectivity index (χ3v) is 4.49. The van der Waals surface area contributed by atoms with Gasteiger partial charge in [-0.1, -0.05) is 0 Å². The van der Waals surface area contributed by atoms with Crippen LogP contribution in [0.15, 0.2) is 39.5 Å². The first kappa shape index (κ1) is 16.3. The molecule has 7 heteroatoms. The molecule has 2 aromatic heterocycles. The number of ether oxygens (including phenoxy) is 1. The van der Waals surface area contributed by atoms with Crippen molar-refractivity contribution in [1.29, 1.82) is 0 Å². The average molecular weight is 382 g/mol. The second-order valence-electron chi connectivity index (χ2n) is 5.52. The number of nitrogens with zero attached hydrogens (tertiary/aromatic N) is 2. The van der Waals surface area contributed by atoms with Gasteiger partial charge in [0, 0.05) is 38.6 Å². The van der Waals surface area contributed by atoms with Gasteiger partial charge >= 0.3 is 0 Å². The predicted octanol–water partition coefficient (Wildman–Crippen LogP) is 2.18. The van der Waals surface area contributed by atoms with Gasteiger partial charge in [0.05, 0.1) is 19.3 Å². The van der Waals surface area contributed by atoms with E-state index in [0.717, 1.165) is 26.3 Å². The Bertz CT molecular complexity index is 661. The van der Waals surface area contributed by atoms with Crippen LogP contribution in [0.3, 0.4) is 0 Å². The van der Waals surface area contributed by atoms with Crippen molar-refractivity contribution in [2.75, 3.05) is 32.8 Å². The summed E-state index contributed by atoms with van der Waals surface area (Å²) in [6, 6.07) is 7.60. The van der Waals surface area contributed by atoms with Gasteiger partial charge in [0.2, 0.25) is 0 Å². The molecule has 3 rings (SSSR count). The molecular weight excluding hydrogens is 362 g/mol. The van der Waals surface area contributed by atoms with E-state index in [0.29, 0.717) is 17.0 Å². The van der Waals surface area contributed by atoms with Crippen molar-refractivity contribution < 1.29 is 13.9 Å². The summed E-state index contributed by atoms with van der Waals surface area (Å²) in [6.45, 7) is 3.69. The Labute approximate surface area is 143 Å². The number of halogens is 1. The van der Waals surface area contributed by atoms with Gasteiger partial charge in [-0.3, -0.25) is 9.69 Å². The molecule has 0 radical (unpaired) electrons. The summed E-state index contributed by atoms with van der Waals surface area (Å²) in [6.07, 6.45) is 2.02. The van der Waals surface area contributed by atoms with Gasteiger partial charge in [-0.05, 0) is 40.2 Å². The summed E-state index contributed by atoms with van der Waals surface area (Å²) in [5.74, 6) is 0.104. The zero-order valence-corrected chi connectivity index (χ0v) is 14.6. The number of hydrogen-bond donors (Lipinski definition) is 1. The van der Waals surface area contributed by atoms with E-state index in [1.54, 1.807) is 12.1 Å². The zero-order valence-electron chi connectivity index (χ0n) is 13.0. The normalized spacial score (nSPS) is 17.1. The molecular formula is C16H20BrN3O3. The first-order valence-electron chi connectivity index (χ1n) is 7.61. The average Bonchev–Trinajstić information content (AvgIpc) is 3.18. The number of carbonyl (C=O) groups excluding carboxylic acids is 1. The van der Waals surface area contributed by atoms with Gasteiger partial charge in [0.15, 0.2) is 10.4 Å². The minimum absolute atomic E-state index is 0.112. The second kappa shape index (κ2) is 7.33. The van der Waals surface area contributed by atoms with Crippen LogP contribution in [0.5, 0.6) is 0 Å². The fraction of sp³-hybridized carbons (Fsp3) is 0.438. The number of rotatable bonds is 5. The van der Waals surface area contributed by atoms with E-state index in [2.05, 4.69) is 36.8 Å². The fourth-order valence-electron chi connectivity index (χ4n) is 2.84. The molecule has 1 aliphatic rings. The van der Waals surface area contributed by atoms with Gasteiger partial charge in [-0.25, -0.2) is 0 Å². The van der Waals surface area contributed by atoms with E-state index < -0.39 is 0 Å². The van der Waals surface area contributed by atoms with E-state index in [1.807, 2.05) is 19.3 Å². The third kappa shape index (κ3) is 3.85. The molecule has 0 saturated carbocycles. The van der Waals surface area contributed by atoms with Crippen molar-refractivity contribution in [3.05, 3.63) is 46.6 Å². The number of hydrogen-bond acceptors (Lipinski definition) is 4. The molecule has 1 saturated heterocycles. The van der Waals surface area contributed by atoms with Crippen molar-refractivity contribution in [2.45, 2.75) is 6.04 Å². The van der Waals surface area contributed by atoms with Crippen LogP contribution in [-0.2, 0) is 11.8 Å². The van der Waals surface area contributed by atoms with Gasteiger partial charge in [0.25, 0.3) is 5.91 Å². The molecule has 1 aliphatic heterocycles. The Kier molecular flexibility index (Phi) is 5.20. The summed E-state index contributed by atoms with van der Waals surface area (Å²) < 4.78 is 13.4. The summed E-state index contributed by atoms with van der Waals surface area (Å²) in [5.41, 5.74) is 1.17. The quantitative estimate of drug-likeness (QED) is 0.862. The van der Waals surface area contributed by atoms with Gasteiger partial charge < -0.3 is 19.0 Å². The molecule has 3 heterocycles. The Morgan fingerprint density at radius 2 is 2.13 bits per heavy atom. The van der Waals surface area contributed by atoms with Gasteiger partial charge in [-0.2, -0.15) is 0 Å². The highest BCUT2D eigenvalue weighted by atomic mass is 79.9. The Hall–Kier alpha value is -1.57. The molecule has 0 aliphatic carbocycles. The van der Waals surface area contributed by atoms with E-state index in [1.165, 1.54) is 5.69 Å². The maximum Gasteiger partial charge on any atom is 0.287 e. The van der Waals surface area contributed by atoms with E-state index in [4.69, 9.17) is 9.15 Å². The molecule has 0 spiro atoms. The number of aryl methyl sites for hydroxylation is 1. The van der Waals surface area contributed by atoms with Crippen LogP contribution in [-0.4, -0.2) is 48.2 Å². The number of aromatic nitrogens is 1. The number of carbonyl (C=O) groups is 1. The minimum atomic E-state index is -0.205. The third-order valence-electron chi connectivity index (χ3n) is 4.06. The molecule has 0 unspecified atom stereocenters. The van der Waals surface area contributed by atoms with Crippen LogP contribution in [0.4, 0.5) is 0 Å². The fourth-order valence-corrected chi connectivity index (χ4v) is 3.15. The summed E-state index contributed by atoms with van der Waals surface area (Å²) in [7, 11) is 2.02. The monoisotopic (exact) mass is 381 g/mol. The second-order valence-corrected chi connectivity index (χ2v) is 6.30. The van der Waals surface area contributed by atoms with Crippen LogP contribution < -0.4 is 5.32 Å². The predicted molar refractivity (Wildman–Crippen MR) is 89.3 cm³/mol. The molecule has 0 aromatic carbocycles. The highest BCUT2D eigenvalue weighted by Crippen LogP contribution is 2.22. The lowest BCUT2D eigenvalue weighted by molar-refractivity contribution is 0.0147. The lowest BCUT2D eigenvalue weighted by Gasteiger charge is -2.34. The van der Waals surface area contributed by atoms with Crippen LogP contribution in [0.2, 0.25) is 0 Å². The summed E-state index contributed by atoms with van der Waals surface area (Å²) in [5, 5.41) is 2.98. The highest BCUT2D eigenvalue weighted by Gasteiger charge is 2.25. The maximum absolute atomic E-state index is 12.2. The topological polar surface area (TPSA) is 59.6 Å². The van der Waals surface area contributed by atoms with E-state index >= 15 is 0 Å². The minimum Gasteiger partial charge on any atom is -0.444 e. The molecule has 1 amide bonds. The highest BCUT2D eigenvalue weighted by molar-refractivity contribution is 9.10. The zero-order chi connectivity index (χ0) is 16.2. The Morgan fingerprint density at radius 1 is 1.35 bits per heavy atom. The largest absolute Gasteiger partial charge is 0.444 e. The van der Waals surface area contributed by atoms with Crippen LogP contribution in [0.1, 0.15) is 22.3 Å². The van der Waals surface area contributed by atoms with E-state index in [-0.39, 0.29) is 11.9 Å². The molecule has 1 N–H and O–H groups in total. The molecule has 0 bridgehead atoms. The van der Waals surface area contributed by atoms with Crippen LogP contribution in [0.25, 0.3) is 0 Å². The maximum atomic E-state index is 12.2. The number of morpholine rings is 1. The van der Waals surface area contributed by atoms with Crippen molar-refractivity contribution in [2.24, 2.45) is 7.05 Å². The summed E-state index contributed by atoms with van der Waals surface area (Å²) >= 11 is 3.21. The van der Waals surface area contributed by atoms with Gasteiger partial charge in [0.1, 0.15) is 0 Å². The molecule has 6 nitrogen and oxygen atoms in total. The van der Waals surface area contributed by atoms with Crippen molar-refractivity contribution >= 4 is 21.8 Å². The molecule has 1 fully saturated rings. The molecule has 1 atom stereocenters. The van der Waals surface area contributed by atoms with Crippen LogP contribution in [0, 0.1) is 0 Å². The standard InChI is InChI=1S/C16H20BrN3O3/c1-19-6-2-3-12(19)13(20-7-9-22-10-8-20)11-18-16(21)14-4-5-15(17)23-14/h2-6,13H,7-11H2,1H3,(H,18,21)/t13-/m0/s1. The molecule has 2 aromatic rings. The molecule has 23 heavy (non-hydrogen) atoms. The smallest absolute Gasteiger partial charge is 0.287 e. The van der Waals surface area contributed by atoms with Crippen LogP contribution >= 0.6 is 15.9 Å². The Morgan fingerprint density at radius 3 is 2.74 bits per heavy atom. The summed E-state index contributed by atoms with van der Waals surface area (Å²) in [4.78, 5) is 14.6. The van der Waals surface area contributed by atoms with Crippen molar-refractivity contribution in [1.82, 2.24) is 14.8 Å². The lowest BCUT2D eigenvalue weighted by atomic mass is 10.1. The SMILES string of the molecule is Cn1cccc1[C@H](CNC(=O)c1ccc(Br)o1)N1CCOCC1. The lowest BCUT2D eigenvalue weighted by Crippen LogP contribution is -2.44. The van der Waals surface area contributed by atoms with Crippen molar-refractivity contribution in [3.63, 3.8) is 0 Å².